The third-order valence-corrected chi connectivity index (χ3v) is 5.82. The second-order valence-electron chi connectivity index (χ2n) is 8.06. The monoisotopic (exact) mass is 450 g/mol. The Labute approximate surface area is 192 Å². The van der Waals surface area contributed by atoms with Crippen molar-refractivity contribution in [2.24, 2.45) is 0 Å². The van der Waals surface area contributed by atoms with Crippen LogP contribution in [-0.4, -0.2) is 48.4 Å². The second kappa shape index (κ2) is 9.97. The van der Waals surface area contributed by atoms with Crippen LogP contribution in [0.25, 0.3) is 11.1 Å². The molecule has 1 saturated heterocycles. The fourth-order valence-corrected chi connectivity index (χ4v) is 3.99. The molecular weight excluding hydrogens is 423 g/mol. The largest absolute Gasteiger partial charge is 0.394 e. The number of aliphatic hydroxyl groups is 1. The maximum absolute atomic E-state index is 15.0. The molecule has 1 aromatic heterocycles. The summed E-state index contributed by atoms with van der Waals surface area (Å²) < 4.78 is 20.5. The number of nitrogens with two attached hydrogens (primary N) is 1. The Morgan fingerprint density at radius 1 is 1.30 bits per heavy atom. The summed E-state index contributed by atoms with van der Waals surface area (Å²) >= 11 is 0. The Hall–Kier alpha value is -3.49. The molecule has 2 aromatic carbocycles. The quantitative estimate of drug-likeness (QED) is 0.533. The van der Waals surface area contributed by atoms with Gasteiger partial charge in [0.05, 0.1) is 43.3 Å². The maximum atomic E-state index is 15.0. The molecule has 4 N–H and O–H groups in total. The van der Waals surface area contributed by atoms with E-state index < -0.39 is 17.8 Å². The number of carbonyl (C=O) groups excluding carboxylic acids is 1. The SMILES string of the molecule is CC1COCCN1c1cnc(N)c(-c2ccc(C(=O)N[C@H](CO)c3ccccc3)c(F)c2)c1. The van der Waals surface area contributed by atoms with Crippen molar-refractivity contribution in [1.82, 2.24) is 10.3 Å². The number of amides is 1. The number of benzene rings is 2. The van der Waals surface area contributed by atoms with E-state index in [0.29, 0.717) is 24.3 Å². The van der Waals surface area contributed by atoms with E-state index in [1.54, 1.807) is 24.4 Å². The molecule has 0 spiro atoms. The lowest BCUT2D eigenvalue weighted by atomic mass is 10.0. The zero-order chi connectivity index (χ0) is 23.4. The number of nitrogen functional groups attached to an aromatic ring is 1. The van der Waals surface area contributed by atoms with Gasteiger partial charge in [-0.05, 0) is 36.2 Å². The van der Waals surface area contributed by atoms with Crippen molar-refractivity contribution in [2.45, 2.75) is 19.0 Å². The second-order valence-corrected chi connectivity index (χ2v) is 8.06. The van der Waals surface area contributed by atoms with E-state index in [2.05, 4.69) is 22.1 Å². The van der Waals surface area contributed by atoms with E-state index in [4.69, 9.17) is 10.5 Å². The van der Waals surface area contributed by atoms with E-state index >= 15 is 0 Å². The number of ether oxygens (including phenoxy) is 1. The maximum Gasteiger partial charge on any atom is 0.254 e. The van der Waals surface area contributed by atoms with Crippen LogP contribution in [0.2, 0.25) is 0 Å². The summed E-state index contributed by atoms with van der Waals surface area (Å²) in [6, 6.07) is 14.8. The highest BCUT2D eigenvalue weighted by molar-refractivity contribution is 5.95. The first-order valence-electron chi connectivity index (χ1n) is 10.8. The highest BCUT2D eigenvalue weighted by atomic mass is 19.1. The van der Waals surface area contributed by atoms with Gasteiger partial charge in [-0.15, -0.1) is 0 Å². The minimum absolute atomic E-state index is 0.113. The molecule has 2 atom stereocenters. The normalized spacial score (nSPS) is 16.9. The topological polar surface area (TPSA) is 101 Å². The first-order valence-corrected chi connectivity index (χ1v) is 10.8. The molecule has 2 heterocycles. The van der Waals surface area contributed by atoms with Crippen LogP contribution in [0.4, 0.5) is 15.9 Å². The molecule has 3 aromatic rings. The summed E-state index contributed by atoms with van der Waals surface area (Å²) in [6.07, 6.45) is 1.71. The van der Waals surface area contributed by atoms with Gasteiger partial charge in [0, 0.05) is 18.2 Å². The average Bonchev–Trinajstić information content (AvgIpc) is 2.83. The number of nitrogens with one attached hydrogen (secondary N) is 1. The summed E-state index contributed by atoms with van der Waals surface area (Å²) in [6.45, 7) is 3.74. The smallest absolute Gasteiger partial charge is 0.254 e. The van der Waals surface area contributed by atoms with Crippen LogP contribution >= 0.6 is 0 Å². The molecule has 0 aliphatic carbocycles. The minimum atomic E-state index is -0.681. The predicted octanol–water partition coefficient (Wildman–Crippen LogP) is 3.16. The highest BCUT2D eigenvalue weighted by Gasteiger charge is 2.22. The van der Waals surface area contributed by atoms with Crippen molar-refractivity contribution in [2.75, 3.05) is 37.0 Å². The number of anilines is 2. The van der Waals surface area contributed by atoms with Gasteiger partial charge in [-0.1, -0.05) is 36.4 Å². The van der Waals surface area contributed by atoms with Gasteiger partial charge in [-0.2, -0.15) is 0 Å². The van der Waals surface area contributed by atoms with Crippen molar-refractivity contribution >= 4 is 17.4 Å². The molecular formula is C25H27FN4O3. The lowest BCUT2D eigenvalue weighted by molar-refractivity contribution is 0.0912. The molecule has 8 heteroatoms. The standard InChI is InChI=1S/C25H27FN4O3/c1-16-15-33-10-9-30(16)19-12-21(24(27)28-13-19)18-7-8-20(22(26)11-18)25(32)29-23(14-31)17-5-3-2-4-6-17/h2-8,11-13,16,23,31H,9-10,14-15H2,1H3,(H2,27,28)(H,29,32)/t16?,23-/m1/s1. The van der Waals surface area contributed by atoms with Crippen molar-refractivity contribution < 1.29 is 19.0 Å². The van der Waals surface area contributed by atoms with Gasteiger partial charge in [0.15, 0.2) is 0 Å². The van der Waals surface area contributed by atoms with Gasteiger partial charge in [-0.3, -0.25) is 4.79 Å². The summed E-state index contributed by atoms with van der Waals surface area (Å²) in [5.41, 5.74) is 8.72. The molecule has 0 radical (unpaired) electrons. The van der Waals surface area contributed by atoms with Crippen molar-refractivity contribution in [3.63, 3.8) is 0 Å². The summed E-state index contributed by atoms with van der Waals surface area (Å²) in [7, 11) is 0. The zero-order valence-corrected chi connectivity index (χ0v) is 18.4. The Morgan fingerprint density at radius 3 is 2.79 bits per heavy atom. The predicted molar refractivity (Wildman–Crippen MR) is 125 cm³/mol. The Morgan fingerprint density at radius 2 is 2.09 bits per heavy atom. The van der Waals surface area contributed by atoms with Gasteiger partial charge in [0.2, 0.25) is 0 Å². The first-order chi connectivity index (χ1) is 16.0. The third kappa shape index (κ3) is 4.97. The van der Waals surface area contributed by atoms with Crippen molar-refractivity contribution in [3.05, 3.63) is 77.7 Å². The van der Waals surface area contributed by atoms with Gasteiger partial charge in [0.1, 0.15) is 11.6 Å². The van der Waals surface area contributed by atoms with Gasteiger partial charge in [-0.25, -0.2) is 9.37 Å². The highest BCUT2D eigenvalue weighted by Crippen LogP contribution is 2.31. The lowest BCUT2D eigenvalue weighted by Crippen LogP contribution is -2.43. The average molecular weight is 451 g/mol. The van der Waals surface area contributed by atoms with Crippen molar-refractivity contribution in [3.8, 4) is 11.1 Å². The van der Waals surface area contributed by atoms with Crippen LogP contribution in [0.1, 0.15) is 28.9 Å². The van der Waals surface area contributed by atoms with Crippen LogP contribution < -0.4 is 16.0 Å². The number of rotatable bonds is 6. The van der Waals surface area contributed by atoms with Gasteiger partial charge >= 0.3 is 0 Å². The fraction of sp³-hybridized carbons (Fsp3) is 0.280. The van der Waals surface area contributed by atoms with E-state index in [1.165, 1.54) is 12.1 Å². The van der Waals surface area contributed by atoms with E-state index in [1.807, 2.05) is 24.3 Å². The molecule has 33 heavy (non-hydrogen) atoms. The third-order valence-electron chi connectivity index (χ3n) is 5.82. The van der Waals surface area contributed by atoms with Gasteiger partial charge in [0.25, 0.3) is 5.91 Å². The zero-order valence-electron chi connectivity index (χ0n) is 18.4. The van der Waals surface area contributed by atoms with Crippen LogP contribution in [0.3, 0.4) is 0 Å². The number of carbonyl (C=O) groups is 1. The molecule has 1 aliphatic rings. The van der Waals surface area contributed by atoms with Crippen LogP contribution in [0.5, 0.6) is 0 Å². The number of pyridine rings is 1. The molecule has 1 amide bonds. The number of aliphatic hydroxyl groups excluding tert-OH is 1. The number of hydrogen-bond donors (Lipinski definition) is 3. The van der Waals surface area contributed by atoms with E-state index in [-0.39, 0.29) is 24.0 Å². The molecule has 4 rings (SSSR count). The van der Waals surface area contributed by atoms with Gasteiger partial charge < -0.3 is 25.8 Å². The van der Waals surface area contributed by atoms with E-state index in [0.717, 1.165) is 17.8 Å². The Bertz CT molecular complexity index is 1130. The Balaban J connectivity index is 1.57. The van der Waals surface area contributed by atoms with Crippen LogP contribution in [0.15, 0.2) is 60.8 Å². The first kappa shape index (κ1) is 22.7. The van der Waals surface area contributed by atoms with Crippen LogP contribution in [-0.2, 0) is 4.74 Å². The number of hydrogen-bond acceptors (Lipinski definition) is 6. The summed E-state index contributed by atoms with van der Waals surface area (Å²) in [4.78, 5) is 19.2. The number of halogens is 1. The molecule has 0 bridgehead atoms. The number of aromatic nitrogens is 1. The molecule has 172 valence electrons. The fourth-order valence-electron chi connectivity index (χ4n) is 3.99. The molecule has 0 saturated carbocycles. The lowest BCUT2D eigenvalue weighted by Gasteiger charge is -2.35. The van der Waals surface area contributed by atoms with E-state index in [9.17, 15) is 14.3 Å². The number of morpholine rings is 1. The molecule has 1 fully saturated rings. The summed E-state index contributed by atoms with van der Waals surface area (Å²) in [5.74, 6) is -1.01. The number of nitrogens with zero attached hydrogens (tertiary/aromatic N) is 2. The summed E-state index contributed by atoms with van der Waals surface area (Å²) in [5, 5.41) is 12.4. The molecule has 1 aliphatic heterocycles. The molecule has 1 unspecified atom stereocenters. The van der Waals surface area contributed by atoms with Crippen molar-refractivity contribution in [1.29, 1.82) is 0 Å². The Kier molecular flexibility index (Phi) is 6.86. The minimum Gasteiger partial charge on any atom is -0.394 e. The van der Waals surface area contributed by atoms with Crippen LogP contribution in [0, 0.1) is 5.82 Å². The molecule has 7 nitrogen and oxygen atoms in total.